The van der Waals surface area contributed by atoms with E-state index in [0.29, 0.717) is 32.1 Å². The van der Waals surface area contributed by atoms with Crippen LogP contribution in [0.3, 0.4) is 0 Å². The average Bonchev–Trinajstić information content (AvgIpc) is 0.918. The summed E-state index contributed by atoms with van der Waals surface area (Å²) in [6.45, 7) is 4.41. The molecule has 0 aromatic heterocycles. The fourth-order valence-electron chi connectivity index (χ4n) is 10.0. The number of phosphoric acid groups is 2. The largest absolute Gasteiger partial charge is 0.472 e. The smallest absolute Gasteiger partial charge is 0.462 e. The molecule has 0 radical (unpaired) electrons. The monoisotopic (exact) mass is 1490 g/mol. The fourth-order valence-corrected chi connectivity index (χ4v) is 11.6. The van der Waals surface area contributed by atoms with Gasteiger partial charge < -0.3 is 33.8 Å². The molecule has 0 aromatic rings. The Morgan fingerprint density at radius 2 is 0.558 bits per heavy atom. The highest BCUT2D eigenvalue weighted by Gasteiger charge is 2.30. The first-order chi connectivity index (χ1) is 50.7. The molecule has 0 saturated heterocycles. The summed E-state index contributed by atoms with van der Waals surface area (Å²) in [5.74, 6) is -2.45. The van der Waals surface area contributed by atoms with Crippen LogP contribution >= 0.6 is 15.6 Å². The van der Waals surface area contributed by atoms with E-state index in [1.54, 1.807) is 12.2 Å². The zero-order chi connectivity index (χ0) is 76.0. The maximum atomic E-state index is 13.1. The van der Waals surface area contributed by atoms with Crippen LogP contribution in [0.15, 0.2) is 158 Å². The van der Waals surface area contributed by atoms with Gasteiger partial charge >= 0.3 is 39.5 Å². The number of hydrogen-bond donors (Lipinski definition) is 3. The number of esters is 4. The summed E-state index contributed by atoms with van der Waals surface area (Å²) in [6, 6.07) is 0. The molecule has 0 bridgehead atoms. The first-order valence-electron chi connectivity index (χ1n) is 39.7. The molecule has 0 heterocycles. The summed E-state index contributed by atoms with van der Waals surface area (Å²) in [5.41, 5.74) is 0. The van der Waals surface area contributed by atoms with E-state index in [9.17, 15) is 43.2 Å². The predicted molar refractivity (Wildman–Crippen MR) is 427 cm³/mol. The Labute approximate surface area is 629 Å². The number of phosphoric ester groups is 2. The normalized spacial score (nSPS) is 14.7. The molecule has 104 heavy (non-hydrogen) atoms. The van der Waals surface area contributed by atoms with Crippen molar-refractivity contribution in [1.82, 2.24) is 0 Å². The summed E-state index contributed by atoms with van der Waals surface area (Å²) in [7, 11) is -10.0. The SMILES string of the molecule is CC/C=C\C/C=C\C/C=C\C/C=C\C/C=C\C/C=C\CCC(=O)OCC(COP(=O)(O)OCC(O)COP(=O)(O)OCC(COC(=O)CCCCCCC/C=C\CCCCCCCC)OC(=O)CCCCCCC/C=C\CCCCCCCC)OC(=O)C/C=C\C/C=C\C/C=C\C/C=C\C/C=C\CC. The van der Waals surface area contributed by atoms with Gasteiger partial charge in [0.15, 0.2) is 12.2 Å². The molecule has 0 aromatic carbocycles. The number of carbonyl (C=O) groups excluding carboxylic acids is 4. The number of carbonyl (C=O) groups is 4. The van der Waals surface area contributed by atoms with Crippen LogP contribution < -0.4 is 0 Å². The lowest BCUT2D eigenvalue weighted by Crippen LogP contribution is -2.30. The minimum Gasteiger partial charge on any atom is -0.462 e. The minimum absolute atomic E-state index is 0.0111. The number of hydrogen-bond acceptors (Lipinski definition) is 15. The van der Waals surface area contributed by atoms with Crippen molar-refractivity contribution >= 4 is 39.5 Å². The van der Waals surface area contributed by atoms with Gasteiger partial charge in [0.05, 0.1) is 32.8 Å². The van der Waals surface area contributed by atoms with Crippen LogP contribution in [0, 0.1) is 0 Å². The van der Waals surface area contributed by atoms with Crippen LogP contribution in [0.4, 0.5) is 0 Å². The summed E-state index contributed by atoms with van der Waals surface area (Å²) in [6.07, 6.45) is 88.5. The number of rotatable bonds is 73. The van der Waals surface area contributed by atoms with E-state index in [2.05, 4.69) is 143 Å². The molecule has 592 valence electrons. The Balaban J connectivity index is 5.51. The molecule has 5 unspecified atom stereocenters. The zero-order valence-corrected chi connectivity index (χ0v) is 66.4. The van der Waals surface area contributed by atoms with Crippen molar-refractivity contribution in [1.29, 1.82) is 0 Å². The van der Waals surface area contributed by atoms with Crippen LogP contribution in [0.5, 0.6) is 0 Å². The first kappa shape index (κ1) is 98.7. The quantitative estimate of drug-likeness (QED) is 0.0169. The van der Waals surface area contributed by atoms with Gasteiger partial charge in [-0.05, 0) is 141 Å². The van der Waals surface area contributed by atoms with Crippen molar-refractivity contribution in [3.63, 3.8) is 0 Å². The van der Waals surface area contributed by atoms with E-state index in [4.69, 9.17) is 37.0 Å². The average molecular weight is 1500 g/mol. The lowest BCUT2D eigenvalue weighted by Gasteiger charge is -2.21. The summed E-state index contributed by atoms with van der Waals surface area (Å²) in [5, 5.41) is 10.6. The third-order valence-corrected chi connectivity index (χ3v) is 17.9. The molecular weight excluding hydrogens is 1350 g/mol. The molecule has 5 atom stereocenters. The Hall–Kier alpha value is -5.32. The summed E-state index contributed by atoms with van der Waals surface area (Å²) in [4.78, 5) is 72.9. The third kappa shape index (κ3) is 74.9. The Kier molecular flexibility index (Phi) is 72.0. The van der Waals surface area contributed by atoms with E-state index in [1.807, 2.05) is 30.4 Å². The second-order valence-corrected chi connectivity index (χ2v) is 28.8. The van der Waals surface area contributed by atoms with Crippen LogP contribution in [-0.2, 0) is 65.4 Å². The van der Waals surface area contributed by atoms with Crippen LogP contribution in [0.2, 0.25) is 0 Å². The van der Waals surface area contributed by atoms with Crippen LogP contribution in [0.1, 0.15) is 297 Å². The molecule has 19 heteroatoms. The lowest BCUT2D eigenvalue weighted by atomic mass is 10.1. The molecule has 0 saturated carbocycles. The van der Waals surface area contributed by atoms with Crippen molar-refractivity contribution in [3.8, 4) is 0 Å². The molecule has 0 rings (SSSR count). The number of unbranched alkanes of at least 4 members (excludes halogenated alkanes) is 22. The highest BCUT2D eigenvalue weighted by molar-refractivity contribution is 7.47. The van der Waals surface area contributed by atoms with Gasteiger partial charge in [-0.15, -0.1) is 0 Å². The predicted octanol–water partition coefficient (Wildman–Crippen LogP) is 23.2. The van der Waals surface area contributed by atoms with Gasteiger partial charge in [-0.2, -0.15) is 0 Å². The molecule has 0 spiro atoms. The van der Waals surface area contributed by atoms with Crippen LogP contribution in [0.25, 0.3) is 0 Å². The van der Waals surface area contributed by atoms with Gasteiger partial charge in [-0.25, -0.2) is 9.13 Å². The Bertz CT molecular complexity index is 2590. The molecule has 3 N–H and O–H groups in total. The standard InChI is InChI=1S/C85H140O17P2/c1-5-9-13-17-21-25-29-33-37-38-39-40-44-46-50-54-58-62-66-70-83(88)96-76-81(102-85(90)72-68-64-60-56-52-48-43-36-32-28-24-20-16-12-8-4)78-100-104(93,94)98-74-79(86)73-97-103(91,92)99-77-80(101-84(89)71-67-63-59-55-51-47-42-35-31-27-23-19-15-11-7-3)75-95-82(87)69-65-61-57-53-49-45-41-34-30-26-22-18-14-10-6-2/h9,12-13,16,21,24-25,28,33-37,39-43,46,50,52,56,58,62,64,68,79-81,86H,5-8,10-11,14-15,17-20,22-23,26-27,29-32,38,44-45,47-49,51,53-55,57,59-61,63,65-67,69-78H2,1-4H3,(H,91,92)(H,93,94)/b13-9-,16-12-,25-21-,28-24-,37-33-,40-39-,41-34-,42-35-,43-36-,50-46-,56-52-,62-58-,68-64-. The first-order valence-corrected chi connectivity index (χ1v) is 42.7. The van der Waals surface area contributed by atoms with Crippen molar-refractivity contribution < 1.29 is 80.2 Å². The zero-order valence-electron chi connectivity index (χ0n) is 64.6. The highest BCUT2D eigenvalue weighted by atomic mass is 31.2. The van der Waals surface area contributed by atoms with Gasteiger partial charge in [-0.3, -0.25) is 37.3 Å². The Morgan fingerprint density at radius 3 is 0.913 bits per heavy atom. The second kappa shape index (κ2) is 75.9. The summed E-state index contributed by atoms with van der Waals surface area (Å²) >= 11 is 0. The maximum Gasteiger partial charge on any atom is 0.472 e. The molecule has 0 amide bonds. The number of ether oxygens (including phenoxy) is 4. The Morgan fingerprint density at radius 1 is 0.288 bits per heavy atom. The topological polar surface area (TPSA) is 237 Å². The minimum atomic E-state index is -5.02. The molecule has 0 aliphatic heterocycles. The van der Waals surface area contributed by atoms with E-state index in [1.165, 1.54) is 77.0 Å². The van der Waals surface area contributed by atoms with E-state index >= 15 is 0 Å². The van der Waals surface area contributed by atoms with Gasteiger partial charge in [0, 0.05) is 19.3 Å². The van der Waals surface area contributed by atoms with Crippen LogP contribution in [-0.4, -0.2) is 96.7 Å². The number of aliphatic hydroxyl groups excluding tert-OH is 1. The molecule has 0 fully saturated rings. The maximum absolute atomic E-state index is 13.1. The number of aliphatic hydroxyl groups is 1. The van der Waals surface area contributed by atoms with Crippen molar-refractivity contribution in [3.05, 3.63) is 158 Å². The fraction of sp³-hybridized carbons (Fsp3) is 0.647. The van der Waals surface area contributed by atoms with E-state index in [0.717, 1.165) is 135 Å². The van der Waals surface area contributed by atoms with Gasteiger partial charge in [-0.1, -0.05) is 288 Å². The lowest BCUT2D eigenvalue weighted by molar-refractivity contribution is -0.161. The molecule has 17 nitrogen and oxygen atoms in total. The molecule has 0 aliphatic carbocycles. The van der Waals surface area contributed by atoms with Gasteiger partial charge in [0.25, 0.3) is 0 Å². The van der Waals surface area contributed by atoms with Crippen molar-refractivity contribution in [2.75, 3.05) is 39.6 Å². The second-order valence-electron chi connectivity index (χ2n) is 25.9. The molecule has 0 aliphatic rings. The summed E-state index contributed by atoms with van der Waals surface area (Å²) < 4.78 is 68.3. The third-order valence-electron chi connectivity index (χ3n) is 16.0. The van der Waals surface area contributed by atoms with Gasteiger partial charge in [0.2, 0.25) is 0 Å². The molecular formula is C85H140O17P2. The highest BCUT2D eigenvalue weighted by Crippen LogP contribution is 2.45. The van der Waals surface area contributed by atoms with Crippen molar-refractivity contribution in [2.24, 2.45) is 0 Å². The van der Waals surface area contributed by atoms with Crippen molar-refractivity contribution in [2.45, 2.75) is 316 Å². The van der Waals surface area contributed by atoms with E-state index < -0.39 is 97.5 Å². The van der Waals surface area contributed by atoms with E-state index in [-0.39, 0.29) is 25.7 Å². The van der Waals surface area contributed by atoms with Gasteiger partial charge in [0.1, 0.15) is 19.3 Å². The number of allylic oxidation sites excluding steroid dienone is 25.